The van der Waals surface area contributed by atoms with Crippen LogP contribution in [0.15, 0.2) is 0 Å². The molecule has 0 rings (SSSR count). The molecular weight excluding hydrogens is 399 g/mol. The van der Waals surface area contributed by atoms with Crippen molar-refractivity contribution in [3.8, 4) is 0 Å². The Morgan fingerprint density at radius 1 is 1.00 bits per heavy atom. The Bertz CT molecular complexity index is 217. The van der Waals surface area contributed by atoms with E-state index in [4.69, 9.17) is 4.74 Å². The van der Waals surface area contributed by atoms with Crippen molar-refractivity contribution in [1.29, 1.82) is 0 Å². The van der Waals surface area contributed by atoms with Crippen LogP contribution in [0.5, 0.6) is 0 Å². The second-order valence-corrected chi connectivity index (χ2v) is 7.88. The van der Waals surface area contributed by atoms with Gasteiger partial charge in [-0.25, -0.2) is 0 Å². The summed E-state index contributed by atoms with van der Waals surface area (Å²) in [6.07, 6.45) is 13.3. The van der Waals surface area contributed by atoms with Crippen LogP contribution in [0.3, 0.4) is 0 Å². The summed E-state index contributed by atoms with van der Waals surface area (Å²) in [5.41, 5.74) is 0. The van der Waals surface area contributed by atoms with Gasteiger partial charge in [-0.05, 0) is 12.3 Å². The van der Waals surface area contributed by atoms with Gasteiger partial charge in [0.05, 0.1) is 12.4 Å². The van der Waals surface area contributed by atoms with E-state index in [0.29, 0.717) is 6.61 Å². The Hall–Kier alpha value is 0.619. The van der Waals surface area contributed by atoms with E-state index in [2.05, 4.69) is 33.4 Å². The summed E-state index contributed by atoms with van der Waals surface area (Å²) in [4.78, 5) is 10.7. The van der Waals surface area contributed by atoms with Crippen molar-refractivity contribution in [3.05, 3.63) is 0 Å². The molecule has 22 heavy (non-hydrogen) atoms. The summed E-state index contributed by atoms with van der Waals surface area (Å²) in [5, 5.41) is 0. The van der Waals surface area contributed by atoms with Gasteiger partial charge in [0, 0.05) is 0 Å². The molecule has 0 aliphatic rings. The second-order valence-electron chi connectivity index (χ2n) is 6.14. The quantitative estimate of drug-likeness (QED) is 0.176. The average Bonchev–Trinajstić information content (AvgIpc) is 2.50. The first-order valence-electron chi connectivity index (χ1n) is 8.99. The molecule has 131 valence electrons. The third-order valence-electron chi connectivity index (χ3n) is 3.35. The van der Waals surface area contributed by atoms with Crippen LogP contribution < -0.4 is 0 Å². The van der Waals surface area contributed by atoms with Crippen molar-refractivity contribution in [3.63, 3.8) is 0 Å². The molecule has 0 unspecified atom stereocenters. The number of hydrogen-bond acceptors (Lipinski definition) is 3. The topological polar surface area (TPSA) is 26.3 Å². The summed E-state index contributed by atoms with van der Waals surface area (Å²) in [6, 6.07) is 0. The number of rotatable bonds is 13. The van der Waals surface area contributed by atoms with E-state index in [1.807, 2.05) is 0 Å². The maximum absolute atomic E-state index is 10.7. The molecule has 3 radical (unpaired) electrons. The van der Waals surface area contributed by atoms with Crippen LogP contribution in [0.25, 0.3) is 0 Å². The van der Waals surface area contributed by atoms with Gasteiger partial charge in [0.1, 0.15) is 0 Å². The van der Waals surface area contributed by atoms with Crippen LogP contribution in [0, 0.1) is 5.92 Å². The molecule has 0 spiro atoms. The number of unbranched alkanes of at least 4 members (excludes halogenated alkanes) is 7. The Kier molecular flexibility index (Phi) is 24.4. The zero-order chi connectivity index (χ0) is 17.1. The van der Waals surface area contributed by atoms with Gasteiger partial charge in [-0.3, -0.25) is 4.79 Å². The van der Waals surface area contributed by atoms with E-state index in [0.717, 1.165) is 18.8 Å². The summed E-state index contributed by atoms with van der Waals surface area (Å²) >= 11 is 5.52. The van der Waals surface area contributed by atoms with Gasteiger partial charge in [0.2, 0.25) is 0 Å². The minimum absolute atomic E-state index is 0.187. The van der Waals surface area contributed by atoms with E-state index in [1.165, 1.54) is 55.8 Å². The van der Waals surface area contributed by atoms with Gasteiger partial charge in [-0.1, -0.05) is 33.1 Å². The molecule has 0 aromatic carbocycles. The van der Waals surface area contributed by atoms with E-state index >= 15 is 0 Å². The van der Waals surface area contributed by atoms with E-state index < -0.39 is 0 Å². The monoisotopic (exact) mass is 437 g/mol. The molecule has 0 aromatic rings. The van der Waals surface area contributed by atoms with Crippen LogP contribution >= 0.6 is 12.6 Å². The van der Waals surface area contributed by atoms with Crippen LogP contribution in [0.1, 0.15) is 85.0 Å². The molecule has 4 heteroatoms. The Morgan fingerprint density at radius 2 is 1.59 bits per heavy atom. The van der Waals surface area contributed by atoms with Gasteiger partial charge in [-0.2, -0.15) is 12.6 Å². The van der Waals surface area contributed by atoms with E-state index in [9.17, 15) is 4.79 Å². The molecule has 0 aromatic heterocycles. The van der Waals surface area contributed by atoms with Crippen molar-refractivity contribution < 1.29 is 9.53 Å². The Labute approximate surface area is 158 Å². The normalized spacial score (nSPS) is 10.3. The standard InChI is InChI=1S/C10H20O2S.C8H17.Sn/c1-9(2)6-4-3-5-7-12-10(11)8-13;1-3-5-7-8-6-4-2;/h9,13H,3-8H2,1-2H3;1,3-8H2,2H3;. The molecule has 0 fully saturated rings. The Morgan fingerprint density at radius 3 is 2.14 bits per heavy atom. The zero-order valence-corrected chi connectivity index (χ0v) is 18.8. The first-order valence-corrected chi connectivity index (χ1v) is 11.6. The van der Waals surface area contributed by atoms with Crippen LogP contribution in [0.4, 0.5) is 0 Å². The first-order chi connectivity index (χ1) is 10.6. The third-order valence-corrected chi connectivity index (χ3v) is 4.62. The number of carbonyl (C=O) groups is 1. The Balaban J connectivity index is 0. The molecule has 0 atom stereocenters. The number of esters is 1. The minimum atomic E-state index is -0.216. The molecule has 0 aliphatic heterocycles. The van der Waals surface area contributed by atoms with Crippen LogP contribution in [0.2, 0.25) is 4.44 Å². The van der Waals surface area contributed by atoms with Crippen molar-refractivity contribution in [1.82, 2.24) is 0 Å². The molecule has 0 heterocycles. The molecule has 0 bridgehead atoms. The van der Waals surface area contributed by atoms with E-state index in [-0.39, 0.29) is 11.7 Å². The molecule has 0 N–H and O–H groups in total. The van der Waals surface area contributed by atoms with Gasteiger partial charge in [0.15, 0.2) is 0 Å². The summed E-state index contributed by atoms with van der Waals surface area (Å²) in [6.45, 7) is 7.27. The molecule has 0 saturated heterocycles. The van der Waals surface area contributed by atoms with Crippen molar-refractivity contribution in [2.45, 2.75) is 89.4 Å². The summed E-state index contributed by atoms with van der Waals surface area (Å²) in [7, 11) is 0. The van der Waals surface area contributed by atoms with Crippen molar-refractivity contribution in [2.24, 2.45) is 5.92 Å². The maximum atomic E-state index is 10.7. The fourth-order valence-electron chi connectivity index (χ4n) is 1.97. The number of thiol groups is 1. The van der Waals surface area contributed by atoms with Gasteiger partial charge < -0.3 is 4.74 Å². The van der Waals surface area contributed by atoms with Crippen molar-refractivity contribution in [2.75, 3.05) is 12.4 Å². The predicted molar refractivity (Wildman–Crippen MR) is 102 cm³/mol. The summed E-state index contributed by atoms with van der Waals surface area (Å²) < 4.78 is 6.34. The summed E-state index contributed by atoms with van der Waals surface area (Å²) in [5.74, 6) is 0.749. The van der Waals surface area contributed by atoms with Gasteiger partial charge in [0.25, 0.3) is 0 Å². The van der Waals surface area contributed by atoms with Gasteiger partial charge in [-0.15, -0.1) is 0 Å². The third kappa shape index (κ3) is 25.6. The number of hydrogen-bond donors (Lipinski definition) is 1. The number of ether oxygens (including phenoxy) is 1. The first kappa shape index (κ1) is 24.9. The van der Waals surface area contributed by atoms with Crippen LogP contribution in [-0.2, 0) is 9.53 Å². The molecule has 0 saturated carbocycles. The molecular formula is C18H37O2SSn. The fraction of sp³-hybridized carbons (Fsp3) is 0.944. The molecule has 0 aliphatic carbocycles. The fourth-order valence-corrected chi connectivity index (χ4v) is 2.77. The molecule has 2 nitrogen and oxygen atoms in total. The van der Waals surface area contributed by atoms with Crippen LogP contribution in [-0.4, -0.2) is 40.9 Å². The zero-order valence-electron chi connectivity index (χ0n) is 15.0. The predicted octanol–water partition coefficient (Wildman–Crippen LogP) is 5.61. The number of carbonyl (C=O) groups excluding carboxylic acids is 1. The van der Waals surface area contributed by atoms with Gasteiger partial charge >= 0.3 is 78.4 Å². The average molecular weight is 436 g/mol. The SMILES string of the molecule is CC(C)CCCCCOC(=O)CS.CCCCCCC[CH2][Sn]. The second kappa shape index (κ2) is 21.6. The molecule has 0 amide bonds. The van der Waals surface area contributed by atoms with E-state index in [1.54, 1.807) is 22.5 Å². The van der Waals surface area contributed by atoms with Crippen molar-refractivity contribution >= 4 is 41.1 Å².